The molecule has 0 aromatic rings. The van der Waals surface area contributed by atoms with Crippen molar-refractivity contribution in [2.24, 2.45) is 10.8 Å². The zero-order valence-electron chi connectivity index (χ0n) is 11.8. The second kappa shape index (κ2) is 4.86. The highest BCUT2D eigenvalue weighted by atomic mass is 16.3. The standard InChI is InChI=1S/C14H30O/c1-8-9-10-11-12(2,3)13(4,5)14(6,7)15/h15H,8-11H2,1-7H3. The van der Waals surface area contributed by atoms with Crippen LogP contribution in [0.1, 0.15) is 74.1 Å². The van der Waals surface area contributed by atoms with Crippen molar-refractivity contribution < 1.29 is 5.11 Å². The normalized spacial score (nSPS) is 14.4. The van der Waals surface area contributed by atoms with Crippen LogP contribution in [-0.2, 0) is 0 Å². The number of hydrogen-bond donors (Lipinski definition) is 1. The van der Waals surface area contributed by atoms with Crippen molar-refractivity contribution in [3.8, 4) is 0 Å². The summed E-state index contributed by atoms with van der Waals surface area (Å²) in [5.74, 6) is 0. The quantitative estimate of drug-likeness (QED) is 0.650. The summed E-state index contributed by atoms with van der Waals surface area (Å²) >= 11 is 0. The van der Waals surface area contributed by atoms with Crippen molar-refractivity contribution >= 4 is 0 Å². The highest BCUT2D eigenvalue weighted by molar-refractivity contribution is 4.96. The Kier molecular flexibility index (Phi) is 4.85. The summed E-state index contributed by atoms with van der Waals surface area (Å²) in [6.07, 6.45) is 5.02. The molecular weight excluding hydrogens is 184 g/mol. The molecule has 0 amide bonds. The van der Waals surface area contributed by atoms with Gasteiger partial charge in [-0.1, -0.05) is 53.9 Å². The van der Waals surface area contributed by atoms with E-state index in [4.69, 9.17) is 0 Å². The molecule has 0 saturated carbocycles. The molecule has 0 aromatic heterocycles. The molecule has 0 fully saturated rings. The third-order valence-electron chi connectivity index (χ3n) is 4.63. The van der Waals surface area contributed by atoms with Crippen LogP contribution < -0.4 is 0 Å². The lowest BCUT2D eigenvalue weighted by atomic mass is 9.58. The van der Waals surface area contributed by atoms with Gasteiger partial charge in [-0.05, 0) is 31.1 Å². The first-order valence-electron chi connectivity index (χ1n) is 6.28. The van der Waals surface area contributed by atoms with Crippen molar-refractivity contribution in [2.75, 3.05) is 0 Å². The van der Waals surface area contributed by atoms with Gasteiger partial charge in [-0.15, -0.1) is 0 Å². The third-order valence-corrected chi connectivity index (χ3v) is 4.63. The molecule has 0 atom stereocenters. The maximum absolute atomic E-state index is 10.2. The van der Waals surface area contributed by atoms with Gasteiger partial charge in [0, 0.05) is 0 Å². The molecule has 0 aliphatic heterocycles. The van der Waals surface area contributed by atoms with E-state index in [1.807, 2.05) is 13.8 Å². The summed E-state index contributed by atoms with van der Waals surface area (Å²) in [6.45, 7) is 15.0. The van der Waals surface area contributed by atoms with Crippen LogP contribution in [0, 0.1) is 10.8 Å². The molecule has 0 saturated heterocycles. The van der Waals surface area contributed by atoms with Crippen LogP contribution in [-0.4, -0.2) is 10.7 Å². The van der Waals surface area contributed by atoms with E-state index in [-0.39, 0.29) is 10.8 Å². The molecule has 0 spiro atoms. The van der Waals surface area contributed by atoms with E-state index >= 15 is 0 Å². The Balaban J connectivity index is 4.56. The molecular formula is C14H30O. The molecule has 0 unspecified atom stereocenters. The van der Waals surface area contributed by atoms with Crippen LogP contribution in [0.15, 0.2) is 0 Å². The van der Waals surface area contributed by atoms with Gasteiger partial charge in [0.05, 0.1) is 5.60 Å². The molecule has 1 N–H and O–H groups in total. The van der Waals surface area contributed by atoms with Crippen molar-refractivity contribution in [3.05, 3.63) is 0 Å². The molecule has 0 heterocycles. The monoisotopic (exact) mass is 214 g/mol. The zero-order valence-corrected chi connectivity index (χ0v) is 11.8. The molecule has 0 bridgehead atoms. The fourth-order valence-corrected chi connectivity index (χ4v) is 1.96. The van der Waals surface area contributed by atoms with E-state index in [9.17, 15) is 5.11 Å². The Morgan fingerprint density at radius 1 is 0.867 bits per heavy atom. The fourth-order valence-electron chi connectivity index (χ4n) is 1.96. The highest BCUT2D eigenvalue weighted by Gasteiger charge is 2.46. The van der Waals surface area contributed by atoms with Crippen molar-refractivity contribution in [1.29, 1.82) is 0 Å². The van der Waals surface area contributed by atoms with Gasteiger partial charge in [0.25, 0.3) is 0 Å². The minimum Gasteiger partial charge on any atom is -0.390 e. The maximum Gasteiger partial charge on any atom is 0.0647 e. The first kappa shape index (κ1) is 15.0. The number of rotatable bonds is 6. The first-order valence-corrected chi connectivity index (χ1v) is 6.28. The average Bonchev–Trinajstić information content (AvgIpc) is 2.02. The minimum atomic E-state index is -0.622. The molecule has 0 aromatic carbocycles. The van der Waals surface area contributed by atoms with Gasteiger partial charge in [-0.25, -0.2) is 0 Å². The smallest absolute Gasteiger partial charge is 0.0647 e. The number of hydrogen-bond acceptors (Lipinski definition) is 1. The Bertz CT molecular complexity index is 184. The van der Waals surface area contributed by atoms with Gasteiger partial charge in [-0.2, -0.15) is 0 Å². The molecule has 0 aliphatic carbocycles. The Hall–Kier alpha value is -0.0400. The van der Waals surface area contributed by atoms with Crippen LogP contribution in [0.25, 0.3) is 0 Å². The lowest BCUT2D eigenvalue weighted by molar-refractivity contribution is -0.104. The van der Waals surface area contributed by atoms with Crippen molar-refractivity contribution in [2.45, 2.75) is 79.8 Å². The maximum atomic E-state index is 10.2. The van der Waals surface area contributed by atoms with Gasteiger partial charge >= 0.3 is 0 Å². The summed E-state index contributed by atoms with van der Waals surface area (Å²) < 4.78 is 0. The largest absolute Gasteiger partial charge is 0.390 e. The Morgan fingerprint density at radius 2 is 1.33 bits per heavy atom. The second-order valence-electron chi connectivity index (χ2n) is 6.53. The lowest BCUT2D eigenvalue weighted by Gasteiger charge is -2.49. The first-order chi connectivity index (χ1) is 6.56. The summed E-state index contributed by atoms with van der Waals surface area (Å²) in [5, 5.41) is 10.2. The van der Waals surface area contributed by atoms with E-state index < -0.39 is 5.60 Å². The van der Waals surface area contributed by atoms with Crippen molar-refractivity contribution in [1.82, 2.24) is 0 Å². The Labute approximate surface area is 96.3 Å². The van der Waals surface area contributed by atoms with E-state index in [0.29, 0.717) is 0 Å². The topological polar surface area (TPSA) is 20.2 Å². The van der Waals surface area contributed by atoms with E-state index in [2.05, 4.69) is 34.6 Å². The van der Waals surface area contributed by atoms with Crippen LogP contribution in [0.3, 0.4) is 0 Å². The van der Waals surface area contributed by atoms with Crippen LogP contribution >= 0.6 is 0 Å². The Morgan fingerprint density at radius 3 is 1.67 bits per heavy atom. The summed E-state index contributed by atoms with van der Waals surface area (Å²) in [4.78, 5) is 0. The second-order valence-corrected chi connectivity index (χ2v) is 6.53. The fraction of sp³-hybridized carbons (Fsp3) is 1.00. The summed E-state index contributed by atoms with van der Waals surface area (Å²) in [5.41, 5.74) is -0.503. The predicted octanol–water partition coefficient (Wildman–Crippen LogP) is 4.39. The molecule has 1 heteroatoms. The van der Waals surface area contributed by atoms with Gasteiger partial charge in [0.15, 0.2) is 0 Å². The number of unbranched alkanes of at least 4 members (excludes halogenated alkanes) is 2. The molecule has 0 radical (unpaired) electrons. The van der Waals surface area contributed by atoms with Gasteiger partial charge in [-0.3, -0.25) is 0 Å². The van der Waals surface area contributed by atoms with Crippen molar-refractivity contribution in [3.63, 3.8) is 0 Å². The van der Waals surface area contributed by atoms with Crippen LogP contribution in [0.2, 0.25) is 0 Å². The number of aliphatic hydroxyl groups is 1. The van der Waals surface area contributed by atoms with Crippen LogP contribution in [0.5, 0.6) is 0 Å². The highest BCUT2D eigenvalue weighted by Crippen LogP contribution is 2.49. The predicted molar refractivity (Wildman–Crippen MR) is 68.0 cm³/mol. The molecule has 0 aliphatic rings. The van der Waals surface area contributed by atoms with E-state index in [0.717, 1.165) is 0 Å². The molecule has 1 nitrogen and oxygen atoms in total. The van der Waals surface area contributed by atoms with Gasteiger partial charge < -0.3 is 5.11 Å². The summed E-state index contributed by atoms with van der Waals surface area (Å²) in [7, 11) is 0. The molecule has 0 rings (SSSR count). The zero-order chi connectivity index (χ0) is 12.3. The van der Waals surface area contributed by atoms with Gasteiger partial charge in [0.2, 0.25) is 0 Å². The third kappa shape index (κ3) is 3.48. The van der Waals surface area contributed by atoms with Crippen LogP contribution in [0.4, 0.5) is 0 Å². The molecule has 15 heavy (non-hydrogen) atoms. The van der Waals surface area contributed by atoms with Gasteiger partial charge in [0.1, 0.15) is 0 Å². The van der Waals surface area contributed by atoms with E-state index in [1.165, 1.54) is 25.7 Å². The van der Waals surface area contributed by atoms with E-state index in [1.54, 1.807) is 0 Å². The average molecular weight is 214 g/mol. The molecule has 92 valence electrons. The summed E-state index contributed by atoms with van der Waals surface area (Å²) in [6, 6.07) is 0. The lowest BCUT2D eigenvalue weighted by Crippen LogP contribution is -2.49. The minimum absolute atomic E-state index is 0.0618. The SMILES string of the molecule is CCCCCC(C)(C)C(C)(C)C(C)(C)O.